The number of carbonyl (C=O) groups excluding carboxylic acids is 2. The number of aromatic nitrogens is 1. The van der Waals surface area contributed by atoms with E-state index in [0.29, 0.717) is 27.8 Å². The zero-order valence-corrected chi connectivity index (χ0v) is 20.3. The van der Waals surface area contributed by atoms with Crippen molar-refractivity contribution >= 4 is 34.1 Å². The van der Waals surface area contributed by atoms with Crippen LogP contribution in [0.5, 0.6) is 5.75 Å². The number of nitrogens with zero attached hydrogens (tertiary/aromatic N) is 3. The molecular weight excluding hydrogens is 482 g/mol. The first-order valence-electron chi connectivity index (χ1n) is 11.9. The topological polar surface area (TPSA) is 130 Å². The molecular formula is C29H21N5O4. The highest BCUT2D eigenvalue weighted by molar-refractivity contribution is 6.17. The molecule has 3 N–H and O–H groups in total. The lowest BCUT2D eigenvalue weighted by Gasteiger charge is -2.34. The number of hydrogen-bond acceptors (Lipinski definition) is 6. The van der Waals surface area contributed by atoms with Crippen LogP contribution in [-0.4, -0.2) is 22.9 Å². The van der Waals surface area contributed by atoms with Crippen molar-refractivity contribution in [2.75, 3.05) is 16.8 Å². The number of amides is 2. The summed E-state index contributed by atoms with van der Waals surface area (Å²) in [5, 5.41) is 13.6. The van der Waals surface area contributed by atoms with E-state index in [9.17, 15) is 19.6 Å². The molecule has 3 aromatic carbocycles. The Kier molecular flexibility index (Phi) is 5.07. The standard InChI is InChI=1S/C29H21N5O4/c1-33-21-13-7-5-11-18(21)25-24(27(33)36)29(20(15-30)26(31)38-25)19-12-6-8-14-22(19)34(28(29)37)16-23(35)32-17-9-3-2-4-10-17/h2-14H,16,31H2,1H3,(H,32,35)/t29-/m1/s1. The highest BCUT2D eigenvalue weighted by atomic mass is 16.5. The number of ether oxygens (including phenoxy) is 1. The Morgan fingerprint density at radius 2 is 1.71 bits per heavy atom. The van der Waals surface area contributed by atoms with Gasteiger partial charge in [-0.25, -0.2) is 0 Å². The minimum absolute atomic E-state index is 0.00660. The van der Waals surface area contributed by atoms with Gasteiger partial charge in [-0.15, -0.1) is 0 Å². The molecule has 1 spiro atoms. The molecule has 0 aliphatic carbocycles. The van der Waals surface area contributed by atoms with Gasteiger partial charge in [-0.1, -0.05) is 48.5 Å². The predicted octanol–water partition coefficient (Wildman–Crippen LogP) is 2.90. The molecule has 0 saturated heterocycles. The van der Waals surface area contributed by atoms with Crippen molar-refractivity contribution in [2.45, 2.75) is 5.41 Å². The number of nitrogens with two attached hydrogens (primary N) is 1. The summed E-state index contributed by atoms with van der Waals surface area (Å²) in [7, 11) is 1.60. The Labute approximate surface area is 217 Å². The Morgan fingerprint density at radius 1 is 1.03 bits per heavy atom. The van der Waals surface area contributed by atoms with E-state index in [4.69, 9.17) is 10.5 Å². The fourth-order valence-corrected chi connectivity index (χ4v) is 5.47. The minimum atomic E-state index is -1.88. The highest BCUT2D eigenvalue weighted by Gasteiger charge is 2.61. The van der Waals surface area contributed by atoms with Gasteiger partial charge in [0, 0.05) is 29.4 Å². The van der Waals surface area contributed by atoms with E-state index in [0.717, 1.165) is 0 Å². The van der Waals surface area contributed by atoms with Crippen LogP contribution in [0.2, 0.25) is 0 Å². The molecule has 1 aromatic heterocycles. The number of pyridine rings is 1. The molecule has 9 heteroatoms. The van der Waals surface area contributed by atoms with Gasteiger partial charge in [0.1, 0.15) is 23.9 Å². The van der Waals surface area contributed by atoms with E-state index in [1.807, 2.05) is 12.1 Å². The van der Waals surface area contributed by atoms with Gasteiger partial charge >= 0.3 is 0 Å². The van der Waals surface area contributed by atoms with Crippen LogP contribution in [0.1, 0.15) is 11.1 Å². The van der Waals surface area contributed by atoms with Crippen molar-refractivity contribution in [3.05, 3.63) is 112 Å². The van der Waals surface area contributed by atoms with Crippen LogP contribution in [0.15, 0.2) is 95.1 Å². The molecule has 9 nitrogen and oxygen atoms in total. The number of aryl methyl sites for hydroxylation is 1. The third-order valence-electron chi connectivity index (χ3n) is 7.10. The molecule has 4 aromatic rings. The van der Waals surface area contributed by atoms with E-state index in [1.165, 1.54) is 9.47 Å². The smallest absolute Gasteiger partial charge is 0.259 e. The predicted molar refractivity (Wildman–Crippen MR) is 141 cm³/mol. The third-order valence-corrected chi connectivity index (χ3v) is 7.10. The average molecular weight is 504 g/mol. The molecule has 186 valence electrons. The fraction of sp³-hybridized carbons (Fsp3) is 0.103. The lowest BCUT2D eigenvalue weighted by atomic mass is 9.69. The zero-order chi connectivity index (χ0) is 26.6. The quantitative estimate of drug-likeness (QED) is 0.442. The zero-order valence-electron chi connectivity index (χ0n) is 20.3. The lowest BCUT2D eigenvalue weighted by molar-refractivity contribution is -0.123. The number of nitriles is 1. The first-order chi connectivity index (χ1) is 18.4. The van der Waals surface area contributed by atoms with Crippen molar-refractivity contribution in [1.29, 1.82) is 5.26 Å². The summed E-state index contributed by atoms with van der Waals surface area (Å²) in [6.07, 6.45) is 0. The number of rotatable bonds is 3. The molecule has 2 amide bonds. The second-order valence-electron chi connectivity index (χ2n) is 9.11. The number of fused-ring (bicyclic) bond motifs is 6. The first kappa shape index (κ1) is 23.1. The second kappa shape index (κ2) is 8.35. The Balaban J connectivity index is 1.60. The second-order valence-corrected chi connectivity index (χ2v) is 9.11. The van der Waals surface area contributed by atoms with Gasteiger partial charge in [0.2, 0.25) is 17.7 Å². The van der Waals surface area contributed by atoms with Gasteiger partial charge in [0.05, 0.1) is 11.1 Å². The maximum Gasteiger partial charge on any atom is 0.259 e. The number of hydrogen-bond donors (Lipinski definition) is 2. The summed E-state index contributed by atoms with van der Waals surface area (Å²) in [5.41, 5.74) is 5.65. The Hall–Kier alpha value is -5.36. The summed E-state index contributed by atoms with van der Waals surface area (Å²) in [6.45, 7) is -0.338. The van der Waals surface area contributed by atoms with Crippen LogP contribution in [0.25, 0.3) is 10.9 Å². The molecule has 0 unspecified atom stereocenters. The first-order valence-corrected chi connectivity index (χ1v) is 11.9. The van der Waals surface area contributed by atoms with Gasteiger partial charge in [-0.3, -0.25) is 14.4 Å². The van der Waals surface area contributed by atoms with Crippen LogP contribution in [-0.2, 0) is 22.1 Å². The monoisotopic (exact) mass is 503 g/mol. The molecule has 0 saturated carbocycles. The summed E-state index contributed by atoms with van der Waals surface area (Å²) >= 11 is 0. The molecule has 6 rings (SSSR count). The van der Waals surface area contributed by atoms with Crippen molar-refractivity contribution in [1.82, 2.24) is 4.57 Å². The Bertz CT molecular complexity index is 1800. The molecule has 1 atom stereocenters. The van der Waals surface area contributed by atoms with Crippen LogP contribution >= 0.6 is 0 Å². The normalized spacial score (nSPS) is 17.7. The van der Waals surface area contributed by atoms with Crippen LogP contribution < -0.4 is 26.2 Å². The number of nitrogens with one attached hydrogen (secondary N) is 1. The molecule has 0 fully saturated rings. The van der Waals surface area contributed by atoms with E-state index in [2.05, 4.69) is 5.32 Å². The number of para-hydroxylation sites is 3. The summed E-state index contributed by atoms with van der Waals surface area (Å²) < 4.78 is 7.33. The number of carbonyl (C=O) groups is 2. The molecule has 0 bridgehead atoms. The van der Waals surface area contributed by atoms with Crippen molar-refractivity contribution in [3.63, 3.8) is 0 Å². The fourth-order valence-electron chi connectivity index (χ4n) is 5.47. The SMILES string of the molecule is Cn1c(=O)c2c(c3ccccc31)OC(N)=C(C#N)[C@@]21C(=O)N(CC(=O)Nc2ccccc2)c2ccccc21. The van der Waals surface area contributed by atoms with E-state index in [1.54, 1.807) is 79.8 Å². The molecule has 3 heterocycles. The molecule has 2 aliphatic heterocycles. The molecule has 38 heavy (non-hydrogen) atoms. The van der Waals surface area contributed by atoms with E-state index in [-0.39, 0.29) is 29.3 Å². The summed E-state index contributed by atoms with van der Waals surface area (Å²) in [5.74, 6) is -1.21. The average Bonchev–Trinajstić information content (AvgIpc) is 3.16. The van der Waals surface area contributed by atoms with Gasteiger partial charge < -0.3 is 25.3 Å². The molecule has 0 radical (unpaired) electrons. The van der Waals surface area contributed by atoms with Crippen LogP contribution in [0, 0.1) is 11.3 Å². The number of benzene rings is 3. The number of anilines is 2. The van der Waals surface area contributed by atoms with Gasteiger partial charge in [0.25, 0.3) is 5.56 Å². The maximum absolute atomic E-state index is 14.5. The minimum Gasteiger partial charge on any atom is -0.439 e. The maximum atomic E-state index is 14.5. The largest absolute Gasteiger partial charge is 0.439 e. The van der Waals surface area contributed by atoms with E-state index < -0.39 is 22.8 Å². The van der Waals surface area contributed by atoms with Crippen molar-refractivity contribution < 1.29 is 14.3 Å². The summed E-state index contributed by atoms with van der Waals surface area (Å²) in [4.78, 5) is 42.8. The van der Waals surface area contributed by atoms with E-state index >= 15 is 0 Å². The van der Waals surface area contributed by atoms with Crippen molar-refractivity contribution in [3.8, 4) is 11.8 Å². The summed E-state index contributed by atoms with van der Waals surface area (Å²) in [6, 6.07) is 24.8. The lowest BCUT2D eigenvalue weighted by Crippen LogP contribution is -2.50. The third kappa shape index (κ3) is 3.01. The Morgan fingerprint density at radius 3 is 2.47 bits per heavy atom. The van der Waals surface area contributed by atoms with Gasteiger partial charge in [-0.05, 0) is 30.3 Å². The van der Waals surface area contributed by atoms with Crippen LogP contribution in [0.3, 0.4) is 0 Å². The van der Waals surface area contributed by atoms with Crippen molar-refractivity contribution in [2.24, 2.45) is 12.8 Å². The molecule has 2 aliphatic rings. The highest BCUT2D eigenvalue weighted by Crippen LogP contribution is 2.55. The van der Waals surface area contributed by atoms with Crippen LogP contribution in [0.4, 0.5) is 11.4 Å². The van der Waals surface area contributed by atoms with Gasteiger partial charge in [0.15, 0.2) is 5.41 Å². The van der Waals surface area contributed by atoms with Gasteiger partial charge in [-0.2, -0.15) is 5.26 Å².